The number of rotatable bonds is 9. The Hall–Kier alpha value is -1.74. The Morgan fingerprint density at radius 3 is 1.92 bits per heavy atom. The highest BCUT2D eigenvalue weighted by atomic mass is 19.4. The van der Waals surface area contributed by atoms with E-state index in [9.17, 15) is 35.9 Å². The first-order valence-corrected chi connectivity index (χ1v) is 7.58. The Morgan fingerprint density at radius 2 is 1.56 bits per heavy atom. The molecule has 0 saturated heterocycles. The monoisotopic (exact) mass is 378 g/mol. The van der Waals surface area contributed by atoms with Crippen LogP contribution in [-0.2, 0) is 14.3 Å². The summed E-state index contributed by atoms with van der Waals surface area (Å²) in [7, 11) is 0. The van der Waals surface area contributed by atoms with Gasteiger partial charge in [-0.3, -0.25) is 0 Å². The zero-order valence-corrected chi connectivity index (χ0v) is 13.7. The van der Waals surface area contributed by atoms with E-state index in [1.807, 2.05) is 0 Å². The van der Waals surface area contributed by atoms with E-state index >= 15 is 0 Å². The Morgan fingerprint density at radius 1 is 1.04 bits per heavy atom. The number of unbranched alkanes of at least 4 members (excludes halogenated alkanes) is 1. The number of aliphatic carboxylic acids is 1. The molecule has 1 unspecified atom stereocenters. The van der Waals surface area contributed by atoms with Gasteiger partial charge in [-0.25, -0.2) is 9.59 Å². The van der Waals surface area contributed by atoms with Crippen molar-refractivity contribution in [1.82, 2.24) is 0 Å². The lowest BCUT2D eigenvalue weighted by Gasteiger charge is -2.38. The number of carbonyl (C=O) groups excluding carboxylic acids is 1. The van der Waals surface area contributed by atoms with Crippen LogP contribution in [0.4, 0.5) is 26.3 Å². The summed E-state index contributed by atoms with van der Waals surface area (Å²) in [6.45, 7) is 3.19. The lowest BCUT2D eigenvalue weighted by atomic mass is 9.84. The third kappa shape index (κ3) is 6.58. The van der Waals surface area contributed by atoms with Crippen molar-refractivity contribution in [3.05, 3.63) is 12.2 Å². The number of halogens is 6. The van der Waals surface area contributed by atoms with Crippen LogP contribution in [0.3, 0.4) is 0 Å². The van der Waals surface area contributed by atoms with Gasteiger partial charge in [0.05, 0.1) is 0 Å². The highest BCUT2D eigenvalue weighted by molar-refractivity contribution is 5.91. The minimum atomic E-state index is -5.91. The van der Waals surface area contributed by atoms with Crippen molar-refractivity contribution < 1.29 is 45.8 Å². The Labute approximate surface area is 140 Å². The van der Waals surface area contributed by atoms with Gasteiger partial charge >= 0.3 is 29.9 Å². The summed E-state index contributed by atoms with van der Waals surface area (Å²) in [5.74, 6) is -4.71. The number of hydrogen-bond donors (Lipinski definition) is 1. The van der Waals surface area contributed by atoms with Crippen LogP contribution in [0.5, 0.6) is 0 Å². The third-order valence-electron chi connectivity index (χ3n) is 3.67. The van der Waals surface area contributed by atoms with Gasteiger partial charge in [-0.1, -0.05) is 39.5 Å². The van der Waals surface area contributed by atoms with Crippen LogP contribution in [-0.4, -0.2) is 35.0 Å². The normalized spacial score (nSPS) is 14.6. The summed E-state index contributed by atoms with van der Waals surface area (Å²) < 4.78 is 83.7. The van der Waals surface area contributed by atoms with E-state index < -0.39 is 42.2 Å². The molecule has 0 spiro atoms. The molecule has 25 heavy (non-hydrogen) atoms. The highest BCUT2D eigenvalue weighted by Gasteiger charge is 2.74. The van der Waals surface area contributed by atoms with E-state index in [1.54, 1.807) is 6.92 Å². The van der Waals surface area contributed by atoms with E-state index in [2.05, 4.69) is 4.74 Å². The maximum Gasteiger partial charge on any atom is 0.437 e. The summed E-state index contributed by atoms with van der Waals surface area (Å²) in [5.41, 5.74) is -4.69. The fourth-order valence-corrected chi connectivity index (χ4v) is 2.24. The number of alkyl halides is 6. The quantitative estimate of drug-likeness (QED) is 0.361. The minimum Gasteiger partial charge on any atom is -0.478 e. The van der Waals surface area contributed by atoms with E-state index in [1.165, 1.54) is 6.92 Å². The van der Waals surface area contributed by atoms with Gasteiger partial charge in [-0.05, 0) is 5.92 Å². The molecule has 1 N–H and O–H groups in total. The molecule has 10 heteroatoms. The van der Waals surface area contributed by atoms with Crippen LogP contribution in [0.15, 0.2) is 12.2 Å². The van der Waals surface area contributed by atoms with Crippen molar-refractivity contribution in [2.24, 2.45) is 5.92 Å². The summed E-state index contributed by atoms with van der Waals surface area (Å²) in [5, 5.41) is 8.32. The van der Waals surface area contributed by atoms with E-state index in [-0.39, 0.29) is 25.0 Å². The number of carboxylic acid groups (broad SMARTS) is 1. The molecule has 1 atom stereocenters. The Bertz CT molecular complexity index is 467. The summed E-state index contributed by atoms with van der Waals surface area (Å²) in [6, 6.07) is 0. The first kappa shape index (κ1) is 23.3. The number of esters is 1. The average molecular weight is 378 g/mol. The second-order valence-electron chi connectivity index (χ2n) is 5.54. The molecule has 0 aromatic carbocycles. The number of carbonyl (C=O) groups is 2. The van der Waals surface area contributed by atoms with Gasteiger partial charge in [0, 0.05) is 18.6 Å². The van der Waals surface area contributed by atoms with Gasteiger partial charge in [-0.2, -0.15) is 26.3 Å². The van der Waals surface area contributed by atoms with Gasteiger partial charge in [0.15, 0.2) is 0 Å². The molecule has 0 aromatic rings. The molecule has 0 saturated carbocycles. The van der Waals surface area contributed by atoms with Crippen LogP contribution >= 0.6 is 0 Å². The molecule has 0 aliphatic rings. The number of ether oxygens (including phenoxy) is 1. The largest absolute Gasteiger partial charge is 0.478 e. The van der Waals surface area contributed by atoms with Gasteiger partial charge in [0.25, 0.3) is 0 Å². The second kappa shape index (κ2) is 9.10. The predicted molar refractivity (Wildman–Crippen MR) is 75.6 cm³/mol. The van der Waals surface area contributed by atoms with Crippen molar-refractivity contribution >= 4 is 11.9 Å². The topological polar surface area (TPSA) is 63.6 Å². The maximum absolute atomic E-state index is 13.3. The molecular weight excluding hydrogens is 358 g/mol. The Kier molecular flexibility index (Phi) is 8.46. The molecule has 0 bridgehead atoms. The molecule has 0 fully saturated rings. The van der Waals surface area contributed by atoms with Crippen LogP contribution in [0.1, 0.15) is 46.0 Å². The highest BCUT2D eigenvalue weighted by Crippen LogP contribution is 2.50. The van der Waals surface area contributed by atoms with Gasteiger partial charge in [0.1, 0.15) is 0 Å². The van der Waals surface area contributed by atoms with Crippen LogP contribution in [0, 0.1) is 5.92 Å². The van der Waals surface area contributed by atoms with Crippen molar-refractivity contribution in [3.63, 3.8) is 0 Å². The van der Waals surface area contributed by atoms with E-state index in [0.717, 1.165) is 0 Å². The van der Waals surface area contributed by atoms with Crippen LogP contribution < -0.4 is 0 Å². The zero-order chi connectivity index (χ0) is 19.9. The average Bonchev–Trinajstić information content (AvgIpc) is 2.45. The van der Waals surface area contributed by atoms with E-state index in [4.69, 9.17) is 5.11 Å². The van der Waals surface area contributed by atoms with Crippen molar-refractivity contribution in [2.75, 3.05) is 0 Å². The molecule has 0 amide bonds. The molecular formula is C15H20F6O4. The fourth-order valence-electron chi connectivity index (χ4n) is 2.24. The molecule has 0 radical (unpaired) electrons. The lowest BCUT2D eigenvalue weighted by molar-refractivity contribution is -0.373. The summed E-state index contributed by atoms with van der Waals surface area (Å²) in [4.78, 5) is 21.6. The number of carboxylic acids is 1. The Balaban J connectivity index is 5.83. The van der Waals surface area contributed by atoms with Crippen molar-refractivity contribution in [2.45, 2.75) is 63.9 Å². The molecule has 0 rings (SSSR count). The van der Waals surface area contributed by atoms with Gasteiger partial charge < -0.3 is 9.84 Å². The van der Waals surface area contributed by atoms with Gasteiger partial charge in [0.2, 0.25) is 0 Å². The van der Waals surface area contributed by atoms with Crippen molar-refractivity contribution in [3.8, 4) is 0 Å². The first-order valence-electron chi connectivity index (χ1n) is 7.58. The third-order valence-corrected chi connectivity index (χ3v) is 3.67. The zero-order valence-electron chi connectivity index (χ0n) is 13.7. The van der Waals surface area contributed by atoms with Crippen LogP contribution in [0.25, 0.3) is 0 Å². The smallest absolute Gasteiger partial charge is 0.437 e. The maximum atomic E-state index is 13.3. The first-order chi connectivity index (χ1) is 11.3. The molecule has 0 heterocycles. The summed E-state index contributed by atoms with van der Waals surface area (Å²) in [6.07, 6.45) is -12.0. The van der Waals surface area contributed by atoms with Gasteiger partial charge in [-0.15, -0.1) is 0 Å². The number of hydrogen-bond acceptors (Lipinski definition) is 3. The fraction of sp³-hybridized carbons (Fsp3) is 0.733. The second-order valence-corrected chi connectivity index (χ2v) is 5.54. The van der Waals surface area contributed by atoms with Crippen LogP contribution in [0.2, 0.25) is 0 Å². The predicted octanol–water partition coefficient (Wildman–Crippen LogP) is 4.64. The SMILES string of the molecule is CCCCC(CC)CC(OC(=O)/C=C/C(=O)O)(C(F)(F)F)C(F)(F)F. The molecule has 0 aliphatic carbocycles. The van der Waals surface area contributed by atoms with E-state index in [0.29, 0.717) is 12.8 Å². The molecule has 4 nitrogen and oxygen atoms in total. The summed E-state index contributed by atoms with van der Waals surface area (Å²) >= 11 is 0. The van der Waals surface area contributed by atoms with Crippen molar-refractivity contribution in [1.29, 1.82) is 0 Å². The standard InChI is InChI=1S/C15H20F6O4/c1-3-5-6-10(4-2)9-13(14(16,17)18,15(19,20)21)25-12(24)8-7-11(22)23/h7-8,10H,3-6,9H2,1-2H3,(H,22,23)/b8-7+. The minimum absolute atomic E-state index is 0.0154. The molecule has 0 aliphatic heterocycles. The molecule has 0 aromatic heterocycles. The molecule has 146 valence electrons. The lowest BCUT2D eigenvalue weighted by Crippen LogP contribution is -2.60.